The summed E-state index contributed by atoms with van der Waals surface area (Å²) in [4.78, 5) is 14.3. The minimum Gasteiger partial charge on any atom is -0.358 e. The summed E-state index contributed by atoms with van der Waals surface area (Å²) >= 11 is 19.8. The largest absolute Gasteiger partial charge is 0.358 e. The standard InChI is InChI=1S/C10H9BrCl3NO/c11-4-2-1-3-7-5-8(15-6-7)9(16)10(12,13)14/h1,3,5-6,15H,2,4H2. The molecule has 0 aliphatic heterocycles. The van der Waals surface area contributed by atoms with Crippen LogP contribution in [0, 0.1) is 0 Å². The highest BCUT2D eigenvalue weighted by Crippen LogP contribution is 2.30. The van der Waals surface area contributed by atoms with Gasteiger partial charge in [0, 0.05) is 11.5 Å². The molecule has 6 heteroatoms. The van der Waals surface area contributed by atoms with Crippen molar-refractivity contribution in [1.82, 2.24) is 4.98 Å². The maximum absolute atomic E-state index is 11.6. The van der Waals surface area contributed by atoms with E-state index < -0.39 is 9.58 Å². The number of aromatic nitrogens is 1. The summed E-state index contributed by atoms with van der Waals surface area (Å²) in [7, 11) is 0. The fourth-order valence-corrected chi connectivity index (χ4v) is 1.64. The highest BCUT2D eigenvalue weighted by atomic mass is 79.9. The summed E-state index contributed by atoms with van der Waals surface area (Å²) in [5.74, 6) is -0.558. The van der Waals surface area contributed by atoms with Crippen LogP contribution in [0.4, 0.5) is 0 Å². The number of ketones is 1. The summed E-state index contributed by atoms with van der Waals surface area (Å²) in [6.45, 7) is 0. The summed E-state index contributed by atoms with van der Waals surface area (Å²) in [5, 5.41) is 0.897. The van der Waals surface area contributed by atoms with Crippen molar-refractivity contribution in [3.63, 3.8) is 0 Å². The van der Waals surface area contributed by atoms with Gasteiger partial charge < -0.3 is 4.98 Å². The highest BCUT2D eigenvalue weighted by Gasteiger charge is 2.32. The van der Waals surface area contributed by atoms with Crippen LogP contribution in [0.2, 0.25) is 0 Å². The predicted molar refractivity (Wildman–Crippen MR) is 72.9 cm³/mol. The van der Waals surface area contributed by atoms with Crippen molar-refractivity contribution in [2.24, 2.45) is 0 Å². The fraction of sp³-hybridized carbons (Fsp3) is 0.300. The SMILES string of the molecule is O=C(c1cc(C=CCCBr)c[nH]1)C(Cl)(Cl)Cl. The number of allylic oxidation sites excluding steroid dienone is 1. The molecule has 16 heavy (non-hydrogen) atoms. The van der Waals surface area contributed by atoms with E-state index in [9.17, 15) is 4.79 Å². The van der Waals surface area contributed by atoms with Gasteiger partial charge in [-0.05, 0) is 18.1 Å². The zero-order chi connectivity index (χ0) is 12.2. The smallest absolute Gasteiger partial charge is 0.254 e. The van der Waals surface area contributed by atoms with Crippen LogP contribution < -0.4 is 0 Å². The maximum atomic E-state index is 11.6. The van der Waals surface area contributed by atoms with Gasteiger partial charge in [-0.2, -0.15) is 0 Å². The van der Waals surface area contributed by atoms with E-state index in [4.69, 9.17) is 34.8 Å². The van der Waals surface area contributed by atoms with E-state index in [1.807, 2.05) is 12.2 Å². The minimum absolute atomic E-state index is 0.290. The number of aromatic amines is 1. The van der Waals surface area contributed by atoms with Gasteiger partial charge >= 0.3 is 0 Å². The van der Waals surface area contributed by atoms with Gasteiger partial charge in [0.1, 0.15) is 0 Å². The van der Waals surface area contributed by atoms with E-state index >= 15 is 0 Å². The number of nitrogens with one attached hydrogen (secondary N) is 1. The van der Waals surface area contributed by atoms with Gasteiger partial charge in [0.15, 0.2) is 0 Å². The molecule has 88 valence electrons. The molecule has 1 N–H and O–H groups in total. The molecular weight excluding hydrogens is 336 g/mol. The van der Waals surface area contributed by atoms with Crippen LogP contribution in [0.1, 0.15) is 22.5 Å². The highest BCUT2D eigenvalue weighted by molar-refractivity contribution is 9.09. The van der Waals surface area contributed by atoms with Crippen molar-refractivity contribution in [2.75, 3.05) is 5.33 Å². The predicted octanol–water partition coefficient (Wildman–Crippen LogP) is 4.37. The lowest BCUT2D eigenvalue weighted by Crippen LogP contribution is -2.19. The van der Waals surface area contributed by atoms with Gasteiger partial charge in [-0.3, -0.25) is 4.79 Å². The van der Waals surface area contributed by atoms with Crippen molar-refractivity contribution in [1.29, 1.82) is 0 Å². The third kappa shape index (κ3) is 4.13. The van der Waals surface area contributed by atoms with E-state index in [0.29, 0.717) is 5.69 Å². The maximum Gasteiger partial charge on any atom is 0.254 e. The molecule has 0 spiro atoms. The first-order chi connectivity index (χ1) is 7.45. The number of alkyl halides is 4. The van der Waals surface area contributed by atoms with E-state index in [1.54, 1.807) is 12.3 Å². The van der Waals surface area contributed by atoms with Crippen LogP contribution in [0.25, 0.3) is 6.08 Å². The number of H-pyrrole nitrogens is 1. The molecule has 0 radical (unpaired) electrons. The Morgan fingerprint density at radius 2 is 2.19 bits per heavy atom. The molecule has 0 atom stereocenters. The molecule has 0 saturated carbocycles. The average Bonchev–Trinajstić information content (AvgIpc) is 2.64. The molecule has 2 nitrogen and oxygen atoms in total. The number of hydrogen-bond acceptors (Lipinski definition) is 1. The Kier molecular flexibility index (Phi) is 5.38. The van der Waals surface area contributed by atoms with Crippen molar-refractivity contribution in [2.45, 2.75) is 10.2 Å². The lowest BCUT2D eigenvalue weighted by Gasteiger charge is -2.06. The molecule has 1 aromatic rings. The second-order valence-electron chi connectivity index (χ2n) is 3.05. The van der Waals surface area contributed by atoms with Gasteiger partial charge in [-0.1, -0.05) is 62.9 Å². The number of carbonyl (C=O) groups is 1. The fourth-order valence-electron chi connectivity index (χ4n) is 1.07. The first-order valence-corrected chi connectivity index (χ1v) is 6.73. The van der Waals surface area contributed by atoms with Gasteiger partial charge in [0.05, 0.1) is 5.69 Å². The van der Waals surface area contributed by atoms with Crippen LogP contribution in [0.3, 0.4) is 0 Å². The van der Waals surface area contributed by atoms with Crippen molar-refractivity contribution in [3.8, 4) is 0 Å². The molecule has 0 aromatic carbocycles. The molecule has 0 bridgehead atoms. The van der Waals surface area contributed by atoms with Gasteiger partial charge in [-0.25, -0.2) is 0 Å². The minimum atomic E-state index is -1.91. The molecule has 1 heterocycles. The molecule has 0 unspecified atom stereocenters. The van der Waals surface area contributed by atoms with E-state index in [0.717, 1.165) is 17.3 Å². The van der Waals surface area contributed by atoms with Crippen LogP contribution in [0.15, 0.2) is 18.3 Å². The molecule has 0 amide bonds. The molecule has 0 aliphatic rings. The van der Waals surface area contributed by atoms with E-state index in [2.05, 4.69) is 20.9 Å². The summed E-state index contributed by atoms with van der Waals surface area (Å²) < 4.78 is -1.91. The average molecular weight is 345 g/mol. The number of rotatable bonds is 4. The summed E-state index contributed by atoms with van der Waals surface area (Å²) in [6.07, 6.45) is 6.49. The van der Waals surface area contributed by atoms with Crippen molar-refractivity contribution in [3.05, 3.63) is 29.6 Å². The quantitative estimate of drug-likeness (QED) is 0.638. The second-order valence-corrected chi connectivity index (χ2v) is 6.13. The number of hydrogen-bond donors (Lipinski definition) is 1. The number of Topliss-reactive ketones (excluding diaryl/α,β-unsaturated/α-hetero) is 1. The Morgan fingerprint density at radius 1 is 1.50 bits per heavy atom. The third-order valence-electron chi connectivity index (χ3n) is 1.79. The Hall–Kier alpha value is 0.0400. The first kappa shape index (κ1) is 14.1. The van der Waals surface area contributed by atoms with E-state index in [1.165, 1.54) is 0 Å². The van der Waals surface area contributed by atoms with Gasteiger partial charge in [0.2, 0.25) is 5.78 Å². The van der Waals surface area contributed by atoms with Crippen LogP contribution >= 0.6 is 50.7 Å². The van der Waals surface area contributed by atoms with Crippen molar-refractivity contribution >= 4 is 62.6 Å². The number of halogens is 4. The Labute approximate surface area is 117 Å². The Morgan fingerprint density at radius 3 is 2.75 bits per heavy atom. The first-order valence-electron chi connectivity index (χ1n) is 4.47. The monoisotopic (exact) mass is 343 g/mol. The molecule has 1 rings (SSSR count). The van der Waals surface area contributed by atoms with Gasteiger partial charge in [0.25, 0.3) is 3.79 Å². The summed E-state index contributed by atoms with van der Waals surface area (Å²) in [5.41, 5.74) is 1.16. The zero-order valence-electron chi connectivity index (χ0n) is 8.14. The third-order valence-corrected chi connectivity index (χ3v) is 2.77. The lowest BCUT2D eigenvalue weighted by molar-refractivity contribution is 0.0992. The van der Waals surface area contributed by atoms with Crippen molar-refractivity contribution < 1.29 is 4.79 Å². The Bertz CT molecular complexity index is 395. The van der Waals surface area contributed by atoms with Gasteiger partial charge in [-0.15, -0.1) is 0 Å². The molecule has 1 aromatic heterocycles. The Balaban J connectivity index is 2.76. The van der Waals surface area contributed by atoms with Crippen LogP contribution in [-0.4, -0.2) is 19.9 Å². The van der Waals surface area contributed by atoms with Crippen LogP contribution in [0.5, 0.6) is 0 Å². The van der Waals surface area contributed by atoms with E-state index in [-0.39, 0.29) is 0 Å². The lowest BCUT2D eigenvalue weighted by atomic mass is 10.2. The number of carbonyl (C=O) groups excluding carboxylic acids is 1. The summed E-state index contributed by atoms with van der Waals surface area (Å²) in [6, 6.07) is 1.65. The molecule has 0 aliphatic carbocycles. The molecule has 0 fully saturated rings. The topological polar surface area (TPSA) is 32.9 Å². The second kappa shape index (κ2) is 6.10. The normalized spacial score (nSPS) is 12.2. The molecular formula is C10H9BrCl3NO. The zero-order valence-corrected chi connectivity index (χ0v) is 12.0. The van der Waals surface area contributed by atoms with Crippen LogP contribution in [-0.2, 0) is 0 Å². The molecule has 0 saturated heterocycles.